The molecule has 0 radical (unpaired) electrons. The summed E-state index contributed by atoms with van der Waals surface area (Å²) in [5.41, 5.74) is 37.5. The van der Waals surface area contributed by atoms with Crippen molar-refractivity contribution in [1.82, 2.24) is 0 Å². The Bertz CT molecular complexity index is 4790. The van der Waals surface area contributed by atoms with Gasteiger partial charge in [-0.15, -0.1) is 0 Å². The van der Waals surface area contributed by atoms with Gasteiger partial charge in [-0.25, -0.2) is 18.3 Å². The third-order valence-corrected chi connectivity index (χ3v) is 20.4. The van der Waals surface area contributed by atoms with Crippen LogP contribution in [0, 0.1) is 66.7 Å². The Labute approximate surface area is 607 Å². The van der Waals surface area contributed by atoms with Crippen LogP contribution < -0.4 is 18.3 Å². The molecule has 8 aromatic carbocycles. The lowest BCUT2D eigenvalue weighted by Crippen LogP contribution is -2.32. The molecular formula is C97H112N4+4. The fourth-order valence-corrected chi connectivity index (χ4v) is 14.9. The second-order valence-electron chi connectivity index (χ2n) is 30.8. The van der Waals surface area contributed by atoms with Crippen LogP contribution in [0.5, 0.6) is 0 Å². The van der Waals surface area contributed by atoms with Crippen LogP contribution in [0.25, 0.3) is 89.5 Å². The number of nitrogens with zero attached hydrogens (tertiary/aromatic N) is 4. The van der Waals surface area contributed by atoms with E-state index < -0.39 is 0 Å². The Balaban J connectivity index is 0.000000145. The number of hydrogen-bond donors (Lipinski definition) is 0. The van der Waals surface area contributed by atoms with Crippen LogP contribution in [0.1, 0.15) is 153 Å². The molecule has 12 aromatic rings. The monoisotopic (exact) mass is 1330 g/mol. The lowest BCUT2D eigenvalue weighted by molar-refractivity contribution is -0.660. The molecule has 4 nitrogen and oxygen atoms in total. The maximum absolute atomic E-state index is 2.46. The SMILES string of the molecule is Cc1c[n+](C)c(-c2cc(-c3ccccc3)ccc2C)cc1CC(C)(C)C.Cc1c[n+](C)c(-c2cc(-c3ccccc3)ccc2C)cc1CC(C)C.Cc1ccc(-c2ccccc2)cc1-c1cc(C(C)C)c(C)c[n+]1C.Cc1ccc(-c2ccccc2)cc1-c1cc(C2CCCC2)c(C)c[n+]1C. The van der Waals surface area contributed by atoms with E-state index in [4.69, 9.17) is 0 Å². The molecule has 1 saturated carbocycles. The number of aromatic nitrogens is 4. The van der Waals surface area contributed by atoms with E-state index in [1.54, 1.807) is 5.56 Å². The average molecular weight is 1330 g/mol. The van der Waals surface area contributed by atoms with Gasteiger partial charge in [0, 0.05) is 68.8 Å². The van der Waals surface area contributed by atoms with E-state index in [9.17, 15) is 0 Å². The molecule has 0 unspecified atom stereocenters. The van der Waals surface area contributed by atoms with Gasteiger partial charge in [0.2, 0.25) is 22.8 Å². The quantitative estimate of drug-likeness (QED) is 0.102. The van der Waals surface area contributed by atoms with Crippen molar-refractivity contribution in [2.24, 2.45) is 39.5 Å². The van der Waals surface area contributed by atoms with E-state index in [2.05, 4.69) is 393 Å². The predicted octanol–water partition coefficient (Wildman–Crippen LogP) is 23.4. The number of aryl methyl sites for hydroxylation is 12. The summed E-state index contributed by atoms with van der Waals surface area (Å²) in [6.45, 7) is 33.7. The molecule has 1 aliphatic carbocycles. The maximum atomic E-state index is 2.46. The molecule has 1 aliphatic rings. The average Bonchev–Trinajstić information content (AvgIpc) is 1.32. The van der Waals surface area contributed by atoms with E-state index in [0.717, 1.165) is 18.8 Å². The number of hydrogen-bond acceptors (Lipinski definition) is 0. The molecule has 101 heavy (non-hydrogen) atoms. The van der Waals surface area contributed by atoms with Gasteiger partial charge in [-0.3, -0.25) is 0 Å². The Morgan fingerprint density at radius 1 is 0.327 bits per heavy atom. The first-order valence-electron chi connectivity index (χ1n) is 36.9. The number of pyridine rings is 4. The molecule has 516 valence electrons. The summed E-state index contributed by atoms with van der Waals surface area (Å²) in [6, 6.07) is 79.3. The van der Waals surface area contributed by atoms with Crippen molar-refractivity contribution < 1.29 is 18.3 Å². The molecule has 4 heteroatoms. The largest absolute Gasteiger partial charge is 0.212 e. The molecule has 0 saturated heterocycles. The molecule has 0 aliphatic heterocycles. The van der Waals surface area contributed by atoms with Gasteiger partial charge >= 0.3 is 0 Å². The zero-order chi connectivity index (χ0) is 72.2. The van der Waals surface area contributed by atoms with Gasteiger partial charge in [-0.05, 0) is 218 Å². The number of rotatable bonds is 13. The first-order chi connectivity index (χ1) is 48.3. The summed E-state index contributed by atoms with van der Waals surface area (Å²) in [5.74, 6) is 1.94. The topological polar surface area (TPSA) is 15.5 Å². The van der Waals surface area contributed by atoms with Crippen molar-refractivity contribution in [2.75, 3.05) is 0 Å². The Morgan fingerprint density at radius 3 is 0.970 bits per heavy atom. The van der Waals surface area contributed by atoms with E-state index in [1.807, 2.05) is 0 Å². The number of benzene rings is 8. The third-order valence-electron chi connectivity index (χ3n) is 20.4. The Kier molecular flexibility index (Phi) is 24.4. The molecule has 0 spiro atoms. The van der Waals surface area contributed by atoms with Gasteiger partial charge < -0.3 is 0 Å². The van der Waals surface area contributed by atoms with Crippen LogP contribution in [-0.2, 0) is 41.0 Å². The molecule has 0 bridgehead atoms. The van der Waals surface area contributed by atoms with Crippen LogP contribution in [0.15, 0.2) is 243 Å². The Hall–Kier alpha value is -9.64. The molecule has 0 amide bonds. The van der Waals surface area contributed by atoms with E-state index in [1.165, 1.54) is 176 Å². The van der Waals surface area contributed by atoms with Crippen molar-refractivity contribution >= 4 is 0 Å². The summed E-state index contributed by atoms with van der Waals surface area (Å²) in [5, 5.41) is 0. The van der Waals surface area contributed by atoms with Crippen molar-refractivity contribution in [3.8, 4) is 89.5 Å². The van der Waals surface area contributed by atoms with Gasteiger partial charge in [0.25, 0.3) is 0 Å². The molecule has 0 N–H and O–H groups in total. The smallest absolute Gasteiger partial charge is 0.201 e. The predicted molar refractivity (Wildman–Crippen MR) is 429 cm³/mol. The highest BCUT2D eigenvalue weighted by atomic mass is 14.9. The second-order valence-corrected chi connectivity index (χ2v) is 30.8. The van der Waals surface area contributed by atoms with Crippen LogP contribution in [0.2, 0.25) is 0 Å². The molecule has 1 fully saturated rings. The van der Waals surface area contributed by atoms with Gasteiger partial charge in [-0.1, -0.05) is 231 Å². The highest BCUT2D eigenvalue weighted by Gasteiger charge is 2.26. The Morgan fingerprint density at radius 2 is 0.634 bits per heavy atom. The van der Waals surface area contributed by atoms with Crippen LogP contribution in [0.3, 0.4) is 0 Å². The summed E-state index contributed by atoms with van der Waals surface area (Å²) < 4.78 is 9.07. The maximum Gasteiger partial charge on any atom is 0.212 e. The zero-order valence-electron chi connectivity index (χ0n) is 64.4. The standard InChI is InChI=1S/C25H28N.C25H30N.C24H28N.C23H26N/c1-18-13-14-22(20-9-5-4-6-10-20)15-24(18)25-16-23(19(2)17-26(25)3)21-11-7-8-12-21;1-18-12-13-21(20-10-8-7-9-11-20)14-23(18)24-15-22(16-25(3,4)5)19(2)17-26(24)6;1-17(2)13-22-15-24(25(5)16-19(22)4)23-14-21(12-11-18(23)3)20-9-7-6-8-10-20;1-16(2)21-14-23(24(5)15-18(21)4)22-13-20(12-11-17(22)3)19-9-7-6-8-10-19/h4-6,9-10,13-17,21H,7-8,11-12H2,1-3H3;7-15,17H,16H2,1-6H3;6-12,14-17H,13H2,1-5H3;6-16H,1-5H3/q4*+1. The molecule has 4 aromatic heterocycles. The minimum Gasteiger partial charge on any atom is -0.201 e. The first kappa shape index (κ1) is 74.1. The van der Waals surface area contributed by atoms with E-state index >= 15 is 0 Å². The first-order valence-corrected chi connectivity index (χ1v) is 36.9. The third kappa shape index (κ3) is 18.7. The summed E-state index contributed by atoms with van der Waals surface area (Å²) in [7, 11) is 8.62. The summed E-state index contributed by atoms with van der Waals surface area (Å²) in [4.78, 5) is 0. The fourth-order valence-electron chi connectivity index (χ4n) is 14.9. The highest BCUT2D eigenvalue weighted by molar-refractivity contribution is 5.77. The van der Waals surface area contributed by atoms with E-state index in [0.29, 0.717) is 11.8 Å². The van der Waals surface area contributed by atoms with Gasteiger partial charge in [0.1, 0.15) is 28.2 Å². The molecule has 4 heterocycles. The molecule has 13 rings (SSSR count). The lowest BCUT2D eigenvalue weighted by atomic mass is 9.86. The van der Waals surface area contributed by atoms with Gasteiger partial charge in [-0.2, -0.15) is 0 Å². The van der Waals surface area contributed by atoms with Crippen LogP contribution >= 0.6 is 0 Å². The normalized spacial score (nSPS) is 12.2. The van der Waals surface area contributed by atoms with Crippen LogP contribution in [-0.4, -0.2) is 0 Å². The van der Waals surface area contributed by atoms with Crippen molar-refractivity contribution in [2.45, 2.75) is 154 Å². The lowest BCUT2D eigenvalue weighted by Gasteiger charge is -2.19. The van der Waals surface area contributed by atoms with Gasteiger partial charge in [0.15, 0.2) is 24.8 Å². The van der Waals surface area contributed by atoms with Crippen LogP contribution in [0.4, 0.5) is 0 Å². The molecule has 0 atom stereocenters. The summed E-state index contributed by atoms with van der Waals surface area (Å²) >= 11 is 0. The summed E-state index contributed by atoms with van der Waals surface area (Å²) in [6.07, 6.45) is 16.8. The van der Waals surface area contributed by atoms with Gasteiger partial charge in [0.05, 0.1) is 0 Å². The van der Waals surface area contributed by atoms with E-state index in [-0.39, 0.29) is 5.41 Å². The highest BCUT2D eigenvalue weighted by Crippen LogP contribution is 2.39. The minimum atomic E-state index is 0.281. The minimum absolute atomic E-state index is 0.281. The molecular weight excluding hydrogens is 1220 g/mol. The second kappa shape index (κ2) is 33.2. The fraction of sp³-hybridized carbons (Fsp3) is 0.299. The van der Waals surface area contributed by atoms with Crippen molar-refractivity contribution in [1.29, 1.82) is 0 Å². The van der Waals surface area contributed by atoms with Crippen molar-refractivity contribution in [3.63, 3.8) is 0 Å². The van der Waals surface area contributed by atoms with Crippen molar-refractivity contribution in [3.05, 3.63) is 310 Å². The zero-order valence-corrected chi connectivity index (χ0v) is 64.4.